The van der Waals surface area contributed by atoms with E-state index in [2.05, 4.69) is 4.99 Å². The number of ether oxygens (including phenoxy) is 4. The molecule has 3 aromatic rings. The second-order valence-electron chi connectivity index (χ2n) is 6.18. The number of nitrogens with zero attached hydrogens (tertiary/aromatic N) is 2. The smallest absolute Gasteiger partial charge is 0.292 e. The van der Waals surface area contributed by atoms with Crippen LogP contribution >= 0.6 is 11.3 Å². The monoisotopic (exact) mass is 400 g/mol. The Bertz CT molecular complexity index is 1070. The number of benzene rings is 2. The molecule has 0 unspecified atom stereocenters. The third-order valence-corrected chi connectivity index (χ3v) is 5.44. The van der Waals surface area contributed by atoms with Crippen LogP contribution in [0.15, 0.2) is 47.5 Å². The number of methoxy groups -OCH3 is 2. The lowest BCUT2D eigenvalue weighted by Crippen LogP contribution is -2.37. The van der Waals surface area contributed by atoms with Gasteiger partial charge in [0.1, 0.15) is 12.4 Å². The Morgan fingerprint density at radius 1 is 1.25 bits per heavy atom. The zero-order chi connectivity index (χ0) is 19.5. The van der Waals surface area contributed by atoms with Crippen LogP contribution in [0.3, 0.4) is 0 Å². The van der Waals surface area contributed by atoms with E-state index in [1.165, 1.54) is 11.3 Å². The molecule has 1 atom stereocenters. The molecule has 7 nitrogen and oxygen atoms in total. The second-order valence-corrected chi connectivity index (χ2v) is 7.19. The summed E-state index contributed by atoms with van der Waals surface area (Å²) in [5, 5.41) is 0. The van der Waals surface area contributed by atoms with Crippen LogP contribution in [-0.4, -0.2) is 44.0 Å². The van der Waals surface area contributed by atoms with Gasteiger partial charge in [0.25, 0.3) is 5.91 Å². The number of para-hydroxylation sites is 2. The molecule has 0 radical (unpaired) electrons. The molecule has 0 aliphatic carbocycles. The standard InChI is InChI=1S/C20H20N2O5S/c1-24-10-9-22-14-8-7-13(25-2)11-18(14)28-20(22)21-19(23)17-12-26-15-5-3-4-6-16(15)27-17/h3-8,11,17H,9-10,12H2,1-2H3/t17-/m1/s1. The number of aromatic nitrogens is 1. The van der Waals surface area contributed by atoms with Gasteiger partial charge in [-0.3, -0.25) is 4.79 Å². The molecule has 0 saturated heterocycles. The van der Waals surface area contributed by atoms with Gasteiger partial charge < -0.3 is 23.5 Å². The molecule has 4 rings (SSSR count). The van der Waals surface area contributed by atoms with Crippen LogP contribution in [0.25, 0.3) is 10.2 Å². The molecule has 1 aliphatic heterocycles. The maximum absolute atomic E-state index is 12.8. The first kappa shape index (κ1) is 18.5. The molecule has 2 aromatic carbocycles. The summed E-state index contributed by atoms with van der Waals surface area (Å²) >= 11 is 1.43. The fraction of sp³-hybridized carbons (Fsp3) is 0.300. The number of hydrogen-bond acceptors (Lipinski definition) is 6. The predicted molar refractivity (Wildman–Crippen MR) is 105 cm³/mol. The third kappa shape index (κ3) is 3.61. The van der Waals surface area contributed by atoms with E-state index < -0.39 is 6.10 Å². The molecular weight excluding hydrogens is 380 g/mol. The molecule has 0 fully saturated rings. The minimum absolute atomic E-state index is 0.135. The van der Waals surface area contributed by atoms with Crippen molar-refractivity contribution in [3.63, 3.8) is 0 Å². The molecule has 0 saturated carbocycles. The Morgan fingerprint density at radius 3 is 2.86 bits per heavy atom. The van der Waals surface area contributed by atoms with E-state index in [9.17, 15) is 4.79 Å². The molecular formula is C20H20N2O5S. The summed E-state index contributed by atoms with van der Waals surface area (Å²) in [5.41, 5.74) is 0.973. The van der Waals surface area contributed by atoms with Gasteiger partial charge in [-0.1, -0.05) is 23.5 Å². The van der Waals surface area contributed by atoms with Gasteiger partial charge in [0.15, 0.2) is 16.3 Å². The topological polar surface area (TPSA) is 71.3 Å². The van der Waals surface area contributed by atoms with E-state index in [0.29, 0.717) is 29.5 Å². The summed E-state index contributed by atoms with van der Waals surface area (Å²) in [4.78, 5) is 17.7. The van der Waals surface area contributed by atoms with Crippen LogP contribution in [0.4, 0.5) is 0 Å². The largest absolute Gasteiger partial charge is 0.497 e. The maximum Gasteiger partial charge on any atom is 0.292 e. The second kappa shape index (κ2) is 8.04. The first-order chi connectivity index (χ1) is 13.7. The fourth-order valence-corrected chi connectivity index (χ4v) is 4.06. The maximum atomic E-state index is 12.8. The lowest BCUT2D eigenvalue weighted by atomic mass is 10.2. The minimum atomic E-state index is -0.773. The van der Waals surface area contributed by atoms with Gasteiger partial charge >= 0.3 is 0 Å². The van der Waals surface area contributed by atoms with Gasteiger partial charge in [-0.2, -0.15) is 4.99 Å². The lowest BCUT2D eigenvalue weighted by Gasteiger charge is -2.23. The van der Waals surface area contributed by atoms with Gasteiger partial charge in [-0.25, -0.2) is 0 Å². The minimum Gasteiger partial charge on any atom is -0.497 e. The average Bonchev–Trinajstić information content (AvgIpc) is 3.07. The molecule has 0 N–H and O–H groups in total. The van der Waals surface area contributed by atoms with Crippen LogP contribution in [0.5, 0.6) is 17.2 Å². The van der Waals surface area contributed by atoms with Crippen molar-refractivity contribution in [3.05, 3.63) is 47.3 Å². The molecule has 1 aromatic heterocycles. The van der Waals surface area contributed by atoms with Gasteiger partial charge in [0.2, 0.25) is 6.10 Å². The van der Waals surface area contributed by atoms with Crippen molar-refractivity contribution in [3.8, 4) is 17.2 Å². The van der Waals surface area contributed by atoms with E-state index in [4.69, 9.17) is 18.9 Å². The van der Waals surface area contributed by atoms with Gasteiger partial charge in [0, 0.05) is 13.7 Å². The number of hydrogen-bond donors (Lipinski definition) is 0. The van der Waals surface area contributed by atoms with Crippen LogP contribution in [0, 0.1) is 0 Å². The zero-order valence-electron chi connectivity index (χ0n) is 15.6. The number of amides is 1. The van der Waals surface area contributed by atoms with E-state index in [-0.39, 0.29) is 12.5 Å². The number of thiazole rings is 1. The number of carbonyl (C=O) groups excluding carboxylic acids is 1. The Hall–Kier alpha value is -2.84. The van der Waals surface area contributed by atoms with Crippen molar-refractivity contribution < 1.29 is 23.7 Å². The van der Waals surface area contributed by atoms with E-state index in [1.54, 1.807) is 20.3 Å². The summed E-state index contributed by atoms with van der Waals surface area (Å²) in [6, 6.07) is 13.1. The van der Waals surface area contributed by atoms with Gasteiger partial charge in [-0.05, 0) is 30.3 Å². The molecule has 0 bridgehead atoms. The first-order valence-corrected chi connectivity index (χ1v) is 9.64. The van der Waals surface area contributed by atoms with Crippen LogP contribution in [0.1, 0.15) is 0 Å². The Balaban J connectivity index is 1.68. The quantitative estimate of drug-likeness (QED) is 0.658. The molecule has 0 spiro atoms. The number of carbonyl (C=O) groups is 1. The van der Waals surface area contributed by atoms with Crippen molar-refractivity contribution >= 4 is 27.5 Å². The SMILES string of the molecule is COCCn1c(=NC(=O)[C@H]2COc3ccccc3O2)sc2cc(OC)ccc21. The van der Waals surface area contributed by atoms with E-state index in [0.717, 1.165) is 16.0 Å². The van der Waals surface area contributed by atoms with Crippen molar-refractivity contribution in [1.82, 2.24) is 4.57 Å². The summed E-state index contributed by atoms with van der Waals surface area (Å²) < 4.78 is 24.9. The van der Waals surface area contributed by atoms with Crippen LogP contribution in [0.2, 0.25) is 0 Å². The normalized spacial score (nSPS) is 16.4. The van der Waals surface area contributed by atoms with Crippen molar-refractivity contribution in [2.75, 3.05) is 27.4 Å². The highest BCUT2D eigenvalue weighted by Gasteiger charge is 2.27. The van der Waals surface area contributed by atoms with Crippen LogP contribution < -0.4 is 19.0 Å². The Labute approximate surface area is 165 Å². The molecule has 28 heavy (non-hydrogen) atoms. The van der Waals surface area contributed by atoms with Crippen LogP contribution in [-0.2, 0) is 16.1 Å². The molecule has 1 amide bonds. The highest BCUT2D eigenvalue weighted by molar-refractivity contribution is 7.16. The number of fused-ring (bicyclic) bond motifs is 2. The average molecular weight is 400 g/mol. The third-order valence-electron chi connectivity index (χ3n) is 4.40. The van der Waals surface area contributed by atoms with Crippen molar-refractivity contribution in [2.24, 2.45) is 4.99 Å². The summed E-state index contributed by atoms with van der Waals surface area (Å²) in [5.74, 6) is 1.57. The fourth-order valence-electron chi connectivity index (χ4n) is 2.97. The zero-order valence-corrected chi connectivity index (χ0v) is 16.4. The Kier molecular flexibility index (Phi) is 5.31. The van der Waals surface area contributed by atoms with Gasteiger partial charge in [0.05, 0.1) is 23.9 Å². The van der Waals surface area contributed by atoms with E-state index >= 15 is 0 Å². The summed E-state index contributed by atoms with van der Waals surface area (Å²) in [7, 11) is 3.27. The summed E-state index contributed by atoms with van der Waals surface area (Å²) in [6.45, 7) is 1.23. The predicted octanol–water partition coefficient (Wildman–Crippen LogP) is 2.63. The lowest BCUT2D eigenvalue weighted by molar-refractivity contribution is -0.127. The molecule has 146 valence electrons. The Morgan fingerprint density at radius 2 is 2.07 bits per heavy atom. The molecule has 1 aliphatic rings. The van der Waals surface area contributed by atoms with Crippen molar-refractivity contribution in [2.45, 2.75) is 12.6 Å². The van der Waals surface area contributed by atoms with Crippen molar-refractivity contribution in [1.29, 1.82) is 0 Å². The van der Waals surface area contributed by atoms with E-state index in [1.807, 2.05) is 41.0 Å². The first-order valence-electron chi connectivity index (χ1n) is 8.83. The number of rotatable bonds is 5. The van der Waals surface area contributed by atoms with Gasteiger partial charge in [-0.15, -0.1) is 0 Å². The summed E-state index contributed by atoms with van der Waals surface area (Å²) in [6.07, 6.45) is -0.773. The molecule has 2 heterocycles. The molecule has 8 heteroatoms. The highest BCUT2D eigenvalue weighted by atomic mass is 32.1. The highest BCUT2D eigenvalue weighted by Crippen LogP contribution is 2.31.